The van der Waals surface area contributed by atoms with Crippen molar-refractivity contribution in [2.24, 2.45) is 0 Å². The van der Waals surface area contributed by atoms with Crippen molar-refractivity contribution in [3.63, 3.8) is 0 Å². The lowest BCUT2D eigenvalue weighted by Crippen LogP contribution is -2.13. The number of carbonyl (C=O) groups is 1. The van der Waals surface area contributed by atoms with Crippen LogP contribution in [0.25, 0.3) is 11.0 Å². The second-order valence-electron chi connectivity index (χ2n) is 5.75. The third kappa shape index (κ3) is 4.33. The van der Waals surface area contributed by atoms with Crippen LogP contribution < -0.4 is 5.32 Å². The van der Waals surface area contributed by atoms with Gasteiger partial charge in [0.1, 0.15) is 0 Å². The van der Waals surface area contributed by atoms with Gasteiger partial charge in [-0.2, -0.15) is 13.2 Å². The van der Waals surface area contributed by atoms with Gasteiger partial charge in [-0.1, -0.05) is 25.1 Å². The summed E-state index contributed by atoms with van der Waals surface area (Å²) in [6.45, 7) is 2.05. The second kappa shape index (κ2) is 7.61. The fourth-order valence-corrected chi connectivity index (χ4v) is 2.40. The third-order valence-corrected chi connectivity index (χ3v) is 3.65. The summed E-state index contributed by atoms with van der Waals surface area (Å²) in [5, 5.41) is 2.76. The smallest absolute Gasteiger partial charge is 0.416 e. The Labute approximate surface area is 153 Å². The van der Waals surface area contributed by atoms with E-state index in [9.17, 15) is 18.0 Å². The summed E-state index contributed by atoms with van der Waals surface area (Å²) in [6, 6.07) is 11.5. The van der Waals surface area contributed by atoms with E-state index >= 15 is 0 Å². The second-order valence-corrected chi connectivity index (χ2v) is 5.75. The lowest BCUT2D eigenvalue weighted by atomic mass is 10.2. The molecule has 3 rings (SSSR count). The van der Waals surface area contributed by atoms with Gasteiger partial charge in [0, 0.05) is 5.69 Å². The molecule has 1 aromatic heterocycles. The molecule has 3 aromatic rings. The Balaban J connectivity index is 2.03. The van der Waals surface area contributed by atoms with Crippen molar-refractivity contribution in [3.05, 3.63) is 59.8 Å². The Morgan fingerprint density at radius 1 is 1.07 bits per heavy atom. The first kappa shape index (κ1) is 18.6. The van der Waals surface area contributed by atoms with Gasteiger partial charge in [0.05, 0.1) is 23.2 Å². The van der Waals surface area contributed by atoms with E-state index in [0.717, 1.165) is 12.1 Å². The zero-order chi connectivity index (χ0) is 19.4. The highest BCUT2D eigenvalue weighted by Gasteiger charge is 2.30. The summed E-state index contributed by atoms with van der Waals surface area (Å²) in [5.41, 5.74) is 0.226. The molecular weight excluding hydrogens is 359 g/mol. The minimum Gasteiger partial charge on any atom is -0.461 e. The van der Waals surface area contributed by atoms with E-state index < -0.39 is 17.7 Å². The number of hydrogen-bond acceptors (Lipinski definition) is 5. The minimum absolute atomic E-state index is 0.0362. The highest BCUT2D eigenvalue weighted by atomic mass is 19.4. The molecule has 0 radical (unpaired) electrons. The number of para-hydroxylation sites is 2. The summed E-state index contributed by atoms with van der Waals surface area (Å²) in [6.07, 6.45) is -3.85. The van der Waals surface area contributed by atoms with Crippen LogP contribution in [-0.4, -0.2) is 22.5 Å². The molecule has 0 aliphatic heterocycles. The molecule has 2 aromatic carbocycles. The molecule has 0 amide bonds. The summed E-state index contributed by atoms with van der Waals surface area (Å²) < 4.78 is 43.9. The van der Waals surface area contributed by atoms with Crippen molar-refractivity contribution in [2.45, 2.75) is 19.5 Å². The van der Waals surface area contributed by atoms with Crippen LogP contribution in [0.4, 0.5) is 24.7 Å². The Morgan fingerprint density at radius 3 is 2.44 bits per heavy atom. The molecule has 8 heteroatoms. The van der Waals surface area contributed by atoms with Crippen LogP contribution in [0.3, 0.4) is 0 Å². The van der Waals surface area contributed by atoms with Crippen molar-refractivity contribution in [1.82, 2.24) is 9.97 Å². The number of fused-ring (bicyclic) bond motifs is 1. The summed E-state index contributed by atoms with van der Waals surface area (Å²) >= 11 is 0. The summed E-state index contributed by atoms with van der Waals surface area (Å²) in [7, 11) is 0. The normalized spacial score (nSPS) is 11.4. The number of halogens is 3. The molecule has 140 valence electrons. The van der Waals surface area contributed by atoms with E-state index in [0.29, 0.717) is 17.5 Å². The topological polar surface area (TPSA) is 64.1 Å². The van der Waals surface area contributed by atoms with Gasteiger partial charge in [0.25, 0.3) is 0 Å². The van der Waals surface area contributed by atoms with Gasteiger partial charge in [-0.25, -0.2) is 14.8 Å². The molecule has 1 heterocycles. The van der Waals surface area contributed by atoms with E-state index in [-0.39, 0.29) is 23.8 Å². The lowest BCUT2D eigenvalue weighted by molar-refractivity contribution is -0.137. The Hall–Kier alpha value is -3.16. The highest BCUT2D eigenvalue weighted by Crippen LogP contribution is 2.31. The van der Waals surface area contributed by atoms with Crippen molar-refractivity contribution < 1.29 is 22.7 Å². The lowest BCUT2D eigenvalue weighted by Gasteiger charge is -2.13. The number of benzene rings is 2. The van der Waals surface area contributed by atoms with E-state index in [1.165, 1.54) is 12.1 Å². The fourth-order valence-electron chi connectivity index (χ4n) is 2.40. The van der Waals surface area contributed by atoms with E-state index in [2.05, 4.69) is 15.3 Å². The summed E-state index contributed by atoms with van der Waals surface area (Å²) in [4.78, 5) is 20.9. The number of anilines is 2. The maximum atomic E-state index is 12.9. The molecule has 0 aliphatic carbocycles. The number of carbonyl (C=O) groups excluding carboxylic acids is 1. The zero-order valence-electron chi connectivity index (χ0n) is 14.4. The van der Waals surface area contributed by atoms with Gasteiger partial charge in [-0.05, 0) is 36.8 Å². The van der Waals surface area contributed by atoms with Gasteiger partial charge in [-0.15, -0.1) is 0 Å². The first-order valence-corrected chi connectivity index (χ1v) is 8.26. The standard InChI is InChI=1S/C19H16F3N3O2/c1-2-10-27-18(26)16-17(25-15-9-4-3-8-14(15)24-16)23-13-7-5-6-12(11-13)19(20,21)22/h3-9,11H,2,10H2,1H3,(H,23,25). The number of nitrogens with zero attached hydrogens (tertiary/aromatic N) is 2. The molecule has 0 bridgehead atoms. The number of nitrogens with one attached hydrogen (secondary N) is 1. The van der Waals surface area contributed by atoms with Crippen LogP contribution in [0.1, 0.15) is 29.4 Å². The number of ether oxygens (including phenoxy) is 1. The number of rotatable bonds is 5. The van der Waals surface area contributed by atoms with Crippen LogP contribution in [-0.2, 0) is 10.9 Å². The maximum Gasteiger partial charge on any atom is 0.416 e. The highest BCUT2D eigenvalue weighted by molar-refractivity contribution is 5.96. The number of esters is 1. The van der Waals surface area contributed by atoms with Crippen LogP contribution >= 0.6 is 0 Å². The molecule has 0 atom stereocenters. The van der Waals surface area contributed by atoms with Crippen molar-refractivity contribution in [2.75, 3.05) is 11.9 Å². The molecule has 0 fully saturated rings. The van der Waals surface area contributed by atoms with Crippen LogP contribution in [0.5, 0.6) is 0 Å². The maximum absolute atomic E-state index is 12.9. The fraction of sp³-hybridized carbons (Fsp3) is 0.211. The Morgan fingerprint density at radius 2 is 1.78 bits per heavy atom. The molecule has 0 spiro atoms. The molecule has 27 heavy (non-hydrogen) atoms. The average molecular weight is 375 g/mol. The monoisotopic (exact) mass is 375 g/mol. The van der Waals surface area contributed by atoms with Gasteiger partial charge in [0.15, 0.2) is 11.5 Å². The van der Waals surface area contributed by atoms with Crippen LogP contribution in [0, 0.1) is 0 Å². The number of aromatic nitrogens is 2. The predicted molar refractivity (Wildman–Crippen MR) is 94.8 cm³/mol. The van der Waals surface area contributed by atoms with Crippen LogP contribution in [0.15, 0.2) is 48.5 Å². The Bertz CT molecular complexity index is 974. The quantitative estimate of drug-likeness (QED) is 0.639. The average Bonchev–Trinajstić information content (AvgIpc) is 2.65. The first-order valence-electron chi connectivity index (χ1n) is 8.26. The molecule has 0 unspecified atom stereocenters. The zero-order valence-corrected chi connectivity index (χ0v) is 14.4. The molecule has 1 N–H and O–H groups in total. The molecule has 0 aliphatic rings. The van der Waals surface area contributed by atoms with Crippen molar-refractivity contribution in [1.29, 1.82) is 0 Å². The Kier molecular flexibility index (Phi) is 5.25. The van der Waals surface area contributed by atoms with Crippen molar-refractivity contribution in [3.8, 4) is 0 Å². The van der Waals surface area contributed by atoms with E-state index in [4.69, 9.17) is 4.74 Å². The molecule has 0 saturated carbocycles. The van der Waals surface area contributed by atoms with E-state index in [1.54, 1.807) is 24.3 Å². The largest absolute Gasteiger partial charge is 0.461 e. The SMILES string of the molecule is CCCOC(=O)c1nc2ccccc2nc1Nc1cccc(C(F)(F)F)c1. The molecule has 5 nitrogen and oxygen atoms in total. The van der Waals surface area contributed by atoms with Gasteiger partial charge < -0.3 is 10.1 Å². The van der Waals surface area contributed by atoms with Gasteiger partial charge in [-0.3, -0.25) is 0 Å². The predicted octanol–water partition coefficient (Wildman–Crippen LogP) is 4.96. The van der Waals surface area contributed by atoms with Crippen molar-refractivity contribution >= 4 is 28.5 Å². The van der Waals surface area contributed by atoms with Crippen LogP contribution in [0.2, 0.25) is 0 Å². The minimum atomic E-state index is -4.48. The number of hydrogen-bond donors (Lipinski definition) is 1. The number of alkyl halides is 3. The summed E-state index contributed by atoms with van der Waals surface area (Å²) in [5.74, 6) is -0.654. The molecular formula is C19H16F3N3O2. The first-order chi connectivity index (χ1) is 12.9. The van der Waals surface area contributed by atoms with Gasteiger partial charge in [0.2, 0.25) is 0 Å². The molecule has 0 saturated heterocycles. The van der Waals surface area contributed by atoms with E-state index in [1.807, 2.05) is 6.92 Å². The third-order valence-electron chi connectivity index (χ3n) is 3.65. The van der Waals surface area contributed by atoms with Gasteiger partial charge >= 0.3 is 12.1 Å².